The third kappa shape index (κ3) is 4.18. The molecule has 184 valence electrons. The number of ether oxygens (including phenoxy) is 2. The Morgan fingerprint density at radius 1 is 1.22 bits per heavy atom. The molecule has 2 N–H and O–H groups in total. The normalized spacial score (nSPS) is 16.2. The maximum absolute atomic E-state index is 9.89. The molecule has 4 heterocycles. The molecule has 1 fully saturated rings. The number of pyridine rings is 1. The van der Waals surface area contributed by atoms with Gasteiger partial charge in [-0.15, -0.1) is 0 Å². The number of aryl methyl sites for hydroxylation is 2. The molecule has 1 aliphatic heterocycles. The molecule has 0 bridgehead atoms. The maximum atomic E-state index is 9.89. The van der Waals surface area contributed by atoms with Crippen LogP contribution in [0.3, 0.4) is 0 Å². The zero-order chi connectivity index (χ0) is 25.4. The lowest BCUT2D eigenvalue weighted by Gasteiger charge is -2.20. The summed E-state index contributed by atoms with van der Waals surface area (Å²) in [5.74, 6) is 1.71. The topological polar surface area (TPSA) is 133 Å². The lowest BCUT2D eigenvalue weighted by molar-refractivity contribution is 0.198. The highest BCUT2D eigenvalue weighted by molar-refractivity contribution is 5.95. The van der Waals surface area contributed by atoms with Gasteiger partial charge in [0.2, 0.25) is 0 Å². The van der Waals surface area contributed by atoms with Gasteiger partial charge in [-0.05, 0) is 44.9 Å². The highest BCUT2D eigenvalue weighted by Gasteiger charge is 2.25. The number of aromatic amines is 1. The average molecular weight is 486 g/mol. The number of nitrogens with zero attached hydrogens (tertiary/aromatic N) is 6. The van der Waals surface area contributed by atoms with Crippen molar-refractivity contribution in [2.45, 2.75) is 39.4 Å². The molecule has 0 spiro atoms. The summed E-state index contributed by atoms with van der Waals surface area (Å²) >= 11 is 0. The molecule has 5 rings (SSSR count). The number of aliphatic hydroxyl groups is 1. The van der Waals surface area contributed by atoms with Crippen molar-refractivity contribution in [3.63, 3.8) is 0 Å². The summed E-state index contributed by atoms with van der Waals surface area (Å²) in [5, 5.41) is 36.2. The third-order valence-electron chi connectivity index (χ3n) is 6.55. The number of rotatable bonds is 6. The van der Waals surface area contributed by atoms with Crippen LogP contribution < -0.4 is 14.4 Å². The first kappa shape index (κ1) is 23.5. The number of aliphatic hydroxyl groups excluding tert-OH is 1. The van der Waals surface area contributed by atoms with Gasteiger partial charge in [0, 0.05) is 41.9 Å². The zero-order valence-corrected chi connectivity index (χ0v) is 20.6. The number of aromatic nitrogens is 5. The van der Waals surface area contributed by atoms with E-state index in [-0.39, 0.29) is 6.10 Å². The van der Waals surface area contributed by atoms with Gasteiger partial charge in [-0.2, -0.15) is 20.6 Å². The van der Waals surface area contributed by atoms with Gasteiger partial charge in [0.1, 0.15) is 23.7 Å². The second kappa shape index (κ2) is 9.43. The van der Waals surface area contributed by atoms with E-state index in [2.05, 4.69) is 31.4 Å². The van der Waals surface area contributed by atoms with Crippen LogP contribution in [-0.4, -0.2) is 56.8 Å². The standard InChI is InChI=1S/C26H27N7O3/c1-14-11-29-30-15(2)24(14)16(3)36-23-8-20-21(9-22(23)35-4)31-32-25(20)18-7-17(10-27)26(28-12-18)33-6-5-19(34)13-33/h7-9,11-12,16,19,34H,5-6,13H2,1-4H3,(H,31,32)/t16-,19?/m1/s1. The average Bonchev–Trinajstić information content (AvgIpc) is 3.48. The minimum absolute atomic E-state index is 0.288. The number of nitrogens with one attached hydrogen (secondary N) is 1. The lowest BCUT2D eigenvalue weighted by atomic mass is 10.0. The fourth-order valence-electron chi connectivity index (χ4n) is 4.83. The van der Waals surface area contributed by atoms with Crippen LogP contribution in [0.5, 0.6) is 11.5 Å². The Kier molecular flexibility index (Phi) is 6.16. The highest BCUT2D eigenvalue weighted by atomic mass is 16.5. The molecule has 0 amide bonds. The Morgan fingerprint density at radius 3 is 2.75 bits per heavy atom. The van der Waals surface area contributed by atoms with Crippen LogP contribution >= 0.6 is 0 Å². The van der Waals surface area contributed by atoms with Crippen molar-refractivity contribution >= 4 is 16.7 Å². The SMILES string of the molecule is COc1cc2[nH]nc(-c3cnc(N4CCC(O)C4)c(C#N)c3)c2cc1O[C@H](C)c1c(C)cnnc1C. The van der Waals surface area contributed by atoms with Gasteiger partial charge in [0.25, 0.3) is 0 Å². The van der Waals surface area contributed by atoms with Crippen molar-refractivity contribution in [1.82, 2.24) is 25.4 Å². The first-order valence-electron chi connectivity index (χ1n) is 11.7. The molecule has 1 aromatic carbocycles. The fraction of sp³-hybridized carbons (Fsp3) is 0.346. The van der Waals surface area contributed by atoms with Gasteiger partial charge in [-0.1, -0.05) is 0 Å². The number of benzene rings is 1. The zero-order valence-electron chi connectivity index (χ0n) is 20.6. The van der Waals surface area contributed by atoms with Crippen molar-refractivity contribution in [3.8, 4) is 28.8 Å². The van der Waals surface area contributed by atoms with E-state index < -0.39 is 6.10 Å². The molecule has 2 atom stereocenters. The van der Waals surface area contributed by atoms with E-state index in [0.29, 0.717) is 53.6 Å². The number of methoxy groups -OCH3 is 1. The van der Waals surface area contributed by atoms with Crippen LogP contribution in [0, 0.1) is 25.2 Å². The number of anilines is 1. The van der Waals surface area contributed by atoms with E-state index in [4.69, 9.17) is 9.47 Å². The monoisotopic (exact) mass is 485 g/mol. The van der Waals surface area contributed by atoms with Crippen molar-refractivity contribution in [1.29, 1.82) is 5.26 Å². The number of β-amino-alcohol motifs (C(OH)–C–C–N with tert-alkyl or cyclic N) is 1. The fourth-order valence-corrected chi connectivity index (χ4v) is 4.83. The first-order valence-corrected chi connectivity index (χ1v) is 11.7. The van der Waals surface area contributed by atoms with E-state index in [1.54, 1.807) is 25.6 Å². The van der Waals surface area contributed by atoms with Gasteiger partial charge in [-0.3, -0.25) is 5.10 Å². The van der Waals surface area contributed by atoms with Crippen LogP contribution in [0.15, 0.2) is 30.6 Å². The smallest absolute Gasteiger partial charge is 0.162 e. The number of H-pyrrole nitrogens is 1. The Balaban J connectivity index is 1.53. The summed E-state index contributed by atoms with van der Waals surface area (Å²) in [7, 11) is 1.59. The molecular formula is C26H27N7O3. The van der Waals surface area contributed by atoms with E-state index >= 15 is 0 Å². The Morgan fingerprint density at radius 2 is 2.06 bits per heavy atom. The molecule has 0 saturated carbocycles. The van der Waals surface area contributed by atoms with Crippen molar-refractivity contribution < 1.29 is 14.6 Å². The summed E-state index contributed by atoms with van der Waals surface area (Å²) in [6.07, 6.45) is 3.40. The molecule has 1 aliphatic rings. The third-order valence-corrected chi connectivity index (χ3v) is 6.55. The predicted octanol–water partition coefficient (Wildman–Crippen LogP) is 3.62. The van der Waals surface area contributed by atoms with E-state index in [0.717, 1.165) is 27.7 Å². The summed E-state index contributed by atoms with van der Waals surface area (Å²) in [6, 6.07) is 7.76. The Labute approximate surface area is 208 Å². The molecule has 36 heavy (non-hydrogen) atoms. The van der Waals surface area contributed by atoms with Gasteiger partial charge in [0.15, 0.2) is 11.5 Å². The molecule has 1 saturated heterocycles. The predicted molar refractivity (Wildman–Crippen MR) is 134 cm³/mol. The molecule has 10 nitrogen and oxygen atoms in total. The summed E-state index contributed by atoms with van der Waals surface area (Å²) in [6.45, 7) is 7.00. The second-order valence-electron chi connectivity index (χ2n) is 9.00. The second-order valence-corrected chi connectivity index (χ2v) is 9.00. The maximum Gasteiger partial charge on any atom is 0.162 e. The Bertz CT molecular complexity index is 1460. The van der Waals surface area contributed by atoms with Crippen LogP contribution in [0.25, 0.3) is 22.2 Å². The van der Waals surface area contributed by atoms with Gasteiger partial charge in [0.05, 0.1) is 36.2 Å². The summed E-state index contributed by atoms with van der Waals surface area (Å²) in [4.78, 5) is 6.50. The van der Waals surface area contributed by atoms with E-state index in [1.807, 2.05) is 37.8 Å². The van der Waals surface area contributed by atoms with Gasteiger partial charge < -0.3 is 19.5 Å². The molecular weight excluding hydrogens is 458 g/mol. The minimum atomic E-state index is -0.403. The lowest BCUT2D eigenvalue weighted by Crippen LogP contribution is -2.23. The molecule has 1 unspecified atom stereocenters. The molecule has 10 heteroatoms. The van der Waals surface area contributed by atoms with Crippen LogP contribution in [0.4, 0.5) is 5.82 Å². The van der Waals surface area contributed by atoms with Gasteiger partial charge >= 0.3 is 0 Å². The largest absolute Gasteiger partial charge is 0.493 e. The number of hydrogen-bond donors (Lipinski definition) is 2. The summed E-state index contributed by atoms with van der Waals surface area (Å²) in [5.41, 5.74) is 5.35. The minimum Gasteiger partial charge on any atom is -0.493 e. The number of hydrogen-bond acceptors (Lipinski definition) is 9. The first-order chi connectivity index (χ1) is 17.4. The summed E-state index contributed by atoms with van der Waals surface area (Å²) < 4.78 is 12.0. The highest BCUT2D eigenvalue weighted by Crippen LogP contribution is 2.39. The van der Waals surface area contributed by atoms with Gasteiger partial charge in [-0.25, -0.2) is 4.98 Å². The number of nitriles is 1. The van der Waals surface area contributed by atoms with E-state index in [9.17, 15) is 10.4 Å². The van der Waals surface area contributed by atoms with Crippen molar-refractivity contribution in [3.05, 3.63) is 53.0 Å². The molecule has 3 aromatic heterocycles. The quantitative estimate of drug-likeness (QED) is 0.420. The number of fused-ring (bicyclic) bond motifs is 1. The van der Waals surface area contributed by atoms with Crippen molar-refractivity contribution in [2.75, 3.05) is 25.1 Å². The van der Waals surface area contributed by atoms with Crippen molar-refractivity contribution in [2.24, 2.45) is 0 Å². The molecule has 0 aliphatic carbocycles. The van der Waals surface area contributed by atoms with Crippen LogP contribution in [0.2, 0.25) is 0 Å². The Hall–Kier alpha value is -4.23. The molecule has 4 aromatic rings. The van der Waals surface area contributed by atoms with Crippen LogP contribution in [-0.2, 0) is 0 Å². The molecule has 0 radical (unpaired) electrons. The van der Waals surface area contributed by atoms with Crippen LogP contribution in [0.1, 0.15) is 41.8 Å². The van der Waals surface area contributed by atoms with E-state index in [1.165, 1.54) is 0 Å².